The van der Waals surface area contributed by atoms with Gasteiger partial charge in [-0.1, -0.05) is 30.9 Å². The van der Waals surface area contributed by atoms with Crippen LogP contribution >= 0.6 is 11.6 Å². The Bertz CT molecular complexity index is 605. The average molecular weight is 380 g/mol. The van der Waals surface area contributed by atoms with Crippen molar-refractivity contribution in [2.45, 2.75) is 57.9 Å². The molecule has 2 aliphatic rings. The van der Waals surface area contributed by atoms with Crippen LogP contribution < -0.4 is 5.32 Å². The summed E-state index contributed by atoms with van der Waals surface area (Å²) in [6, 6.07) is 1.99. The molecule has 0 bridgehead atoms. The first-order valence-electron chi connectivity index (χ1n) is 9.97. The molecule has 1 aromatic heterocycles. The first-order valence-corrected chi connectivity index (χ1v) is 10.3. The number of nitrogens with zero attached hydrogens (tertiary/aromatic N) is 2. The molecule has 1 saturated heterocycles. The van der Waals surface area contributed by atoms with Crippen LogP contribution in [0.3, 0.4) is 0 Å². The number of carbonyl (C=O) groups is 1. The molecule has 6 heteroatoms. The van der Waals surface area contributed by atoms with Crippen molar-refractivity contribution in [3.63, 3.8) is 0 Å². The number of likely N-dealkylation sites (tertiary alicyclic amines) is 1. The predicted octanol–water partition coefficient (Wildman–Crippen LogP) is 4.37. The molecular formula is C20H30ClN3O2. The first-order chi connectivity index (χ1) is 12.7. The normalized spacial score (nSPS) is 22.2. The molecule has 0 unspecified atom stereocenters. The Morgan fingerprint density at radius 3 is 2.85 bits per heavy atom. The Balaban J connectivity index is 1.55. The Kier molecular flexibility index (Phi) is 7.15. The summed E-state index contributed by atoms with van der Waals surface area (Å²) < 4.78 is 4.99. The fourth-order valence-corrected chi connectivity index (χ4v) is 4.36. The number of pyridine rings is 1. The molecule has 1 N–H and O–H groups in total. The van der Waals surface area contributed by atoms with E-state index in [9.17, 15) is 4.79 Å². The van der Waals surface area contributed by atoms with Crippen molar-refractivity contribution in [1.82, 2.24) is 9.88 Å². The second-order valence-electron chi connectivity index (χ2n) is 7.52. The predicted molar refractivity (Wildman–Crippen MR) is 105 cm³/mol. The topological polar surface area (TPSA) is 54.5 Å². The number of aromatic nitrogens is 1. The van der Waals surface area contributed by atoms with E-state index in [1.54, 1.807) is 13.0 Å². The van der Waals surface area contributed by atoms with Gasteiger partial charge >= 0.3 is 5.97 Å². The SMILES string of the molecule is CCOC(=O)c1cnc(N[C@@H]2CCCN(CC3CCCCC3)C2)c(Cl)c1. The van der Waals surface area contributed by atoms with Gasteiger partial charge in [0.2, 0.25) is 0 Å². The molecule has 2 heterocycles. The van der Waals surface area contributed by atoms with Crippen molar-refractivity contribution in [2.75, 3.05) is 31.6 Å². The number of nitrogens with one attached hydrogen (secondary N) is 1. The minimum absolute atomic E-state index is 0.343. The molecule has 1 aliphatic heterocycles. The summed E-state index contributed by atoms with van der Waals surface area (Å²) in [6.45, 7) is 5.58. The zero-order valence-corrected chi connectivity index (χ0v) is 16.4. The van der Waals surface area contributed by atoms with Gasteiger partial charge in [-0.25, -0.2) is 9.78 Å². The molecule has 1 aromatic rings. The maximum absolute atomic E-state index is 11.8. The molecule has 0 spiro atoms. The van der Waals surface area contributed by atoms with E-state index in [2.05, 4.69) is 15.2 Å². The van der Waals surface area contributed by atoms with Crippen LogP contribution in [0.1, 0.15) is 62.2 Å². The Morgan fingerprint density at radius 1 is 1.31 bits per heavy atom. The summed E-state index contributed by atoms with van der Waals surface area (Å²) in [5, 5.41) is 3.95. The second kappa shape index (κ2) is 9.56. The lowest BCUT2D eigenvalue weighted by molar-refractivity contribution is 0.0526. The molecule has 3 rings (SSSR count). The van der Waals surface area contributed by atoms with Gasteiger partial charge in [-0.3, -0.25) is 0 Å². The van der Waals surface area contributed by atoms with E-state index in [1.807, 2.05) is 0 Å². The Labute approximate surface area is 161 Å². The highest BCUT2D eigenvalue weighted by Gasteiger charge is 2.24. The Morgan fingerprint density at radius 2 is 2.12 bits per heavy atom. The van der Waals surface area contributed by atoms with Gasteiger partial charge in [-0.15, -0.1) is 0 Å². The largest absolute Gasteiger partial charge is 0.462 e. The third kappa shape index (κ3) is 5.34. The summed E-state index contributed by atoms with van der Waals surface area (Å²) >= 11 is 6.34. The molecule has 144 valence electrons. The van der Waals surface area contributed by atoms with Crippen LogP contribution in [0.4, 0.5) is 5.82 Å². The van der Waals surface area contributed by atoms with Gasteiger partial charge in [-0.05, 0) is 51.1 Å². The zero-order chi connectivity index (χ0) is 18.4. The fourth-order valence-electron chi connectivity index (χ4n) is 4.14. The van der Waals surface area contributed by atoms with E-state index < -0.39 is 0 Å². The van der Waals surface area contributed by atoms with Gasteiger partial charge in [0.1, 0.15) is 5.82 Å². The van der Waals surface area contributed by atoms with Crippen LogP contribution in [0.5, 0.6) is 0 Å². The van der Waals surface area contributed by atoms with Crippen LogP contribution in [0.15, 0.2) is 12.3 Å². The standard InChI is InChI=1S/C20H30ClN3O2/c1-2-26-20(25)16-11-18(21)19(22-12-16)23-17-9-6-10-24(14-17)13-15-7-4-3-5-8-15/h11-12,15,17H,2-10,13-14H2,1H3,(H,22,23)/t17-/m1/s1. The number of esters is 1. The number of piperidine rings is 1. The van der Waals surface area contributed by atoms with Crippen LogP contribution in [0.2, 0.25) is 5.02 Å². The highest BCUT2D eigenvalue weighted by Crippen LogP contribution is 2.27. The maximum Gasteiger partial charge on any atom is 0.339 e. The van der Waals surface area contributed by atoms with E-state index in [0.717, 1.165) is 18.9 Å². The van der Waals surface area contributed by atoms with E-state index in [1.165, 1.54) is 57.8 Å². The van der Waals surface area contributed by atoms with E-state index in [0.29, 0.717) is 29.1 Å². The minimum Gasteiger partial charge on any atom is -0.462 e. The molecular weight excluding hydrogens is 350 g/mol. The van der Waals surface area contributed by atoms with Gasteiger partial charge in [0, 0.05) is 25.3 Å². The van der Waals surface area contributed by atoms with Gasteiger partial charge < -0.3 is 15.0 Å². The highest BCUT2D eigenvalue weighted by molar-refractivity contribution is 6.33. The lowest BCUT2D eigenvalue weighted by atomic mass is 9.88. The summed E-state index contributed by atoms with van der Waals surface area (Å²) in [5.74, 6) is 1.14. The van der Waals surface area contributed by atoms with Crippen molar-refractivity contribution >= 4 is 23.4 Å². The fraction of sp³-hybridized carbons (Fsp3) is 0.700. The van der Waals surface area contributed by atoms with Crippen molar-refractivity contribution in [3.8, 4) is 0 Å². The van der Waals surface area contributed by atoms with Crippen LogP contribution in [0, 0.1) is 5.92 Å². The molecule has 0 aromatic carbocycles. The molecule has 26 heavy (non-hydrogen) atoms. The van der Waals surface area contributed by atoms with Crippen molar-refractivity contribution in [3.05, 3.63) is 22.8 Å². The maximum atomic E-state index is 11.8. The molecule has 1 saturated carbocycles. The van der Waals surface area contributed by atoms with Gasteiger partial charge in [-0.2, -0.15) is 0 Å². The molecule has 1 aliphatic carbocycles. The van der Waals surface area contributed by atoms with Crippen LogP contribution in [-0.4, -0.2) is 48.1 Å². The van der Waals surface area contributed by atoms with Gasteiger partial charge in [0.05, 0.1) is 17.2 Å². The molecule has 0 radical (unpaired) electrons. The molecule has 1 atom stereocenters. The summed E-state index contributed by atoms with van der Waals surface area (Å²) in [6.07, 6.45) is 10.8. The summed E-state index contributed by atoms with van der Waals surface area (Å²) in [5.41, 5.74) is 0.393. The van der Waals surface area contributed by atoms with Gasteiger partial charge in [0.25, 0.3) is 0 Å². The number of ether oxygens (including phenoxy) is 1. The smallest absolute Gasteiger partial charge is 0.339 e. The molecule has 5 nitrogen and oxygen atoms in total. The third-order valence-corrected chi connectivity index (χ3v) is 5.73. The van der Waals surface area contributed by atoms with Crippen molar-refractivity contribution in [2.24, 2.45) is 5.92 Å². The van der Waals surface area contributed by atoms with E-state index >= 15 is 0 Å². The van der Waals surface area contributed by atoms with Crippen molar-refractivity contribution < 1.29 is 9.53 Å². The first kappa shape index (κ1) is 19.4. The van der Waals surface area contributed by atoms with Crippen LogP contribution in [-0.2, 0) is 4.74 Å². The number of hydrogen-bond acceptors (Lipinski definition) is 5. The second-order valence-corrected chi connectivity index (χ2v) is 7.93. The third-order valence-electron chi connectivity index (χ3n) is 5.44. The molecule has 2 fully saturated rings. The highest BCUT2D eigenvalue weighted by atomic mass is 35.5. The average Bonchev–Trinajstić information content (AvgIpc) is 2.65. The minimum atomic E-state index is -0.384. The number of anilines is 1. The summed E-state index contributed by atoms with van der Waals surface area (Å²) in [4.78, 5) is 18.7. The van der Waals surface area contributed by atoms with Crippen LogP contribution in [0.25, 0.3) is 0 Å². The number of hydrogen-bond donors (Lipinski definition) is 1. The van der Waals surface area contributed by atoms with Gasteiger partial charge in [0.15, 0.2) is 0 Å². The number of carbonyl (C=O) groups excluding carboxylic acids is 1. The monoisotopic (exact) mass is 379 g/mol. The number of halogens is 1. The molecule has 0 amide bonds. The van der Waals surface area contributed by atoms with Crippen molar-refractivity contribution in [1.29, 1.82) is 0 Å². The lowest BCUT2D eigenvalue weighted by Gasteiger charge is -2.36. The Hall–Kier alpha value is -1.33. The van der Waals surface area contributed by atoms with E-state index in [4.69, 9.17) is 16.3 Å². The zero-order valence-electron chi connectivity index (χ0n) is 15.7. The lowest BCUT2D eigenvalue weighted by Crippen LogP contribution is -2.44. The van der Waals surface area contributed by atoms with E-state index in [-0.39, 0.29) is 5.97 Å². The quantitative estimate of drug-likeness (QED) is 0.744. The number of rotatable bonds is 6. The summed E-state index contributed by atoms with van der Waals surface area (Å²) in [7, 11) is 0.